The van der Waals surface area contributed by atoms with E-state index in [9.17, 15) is 4.79 Å². The van der Waals surface area contributed by atoms with E-state index in [-0.39, 0.29) is 6.03 Å². The van der Waals surface area contributed by atoms with Crippen molar-refractivity contribution in [1.29, 1.82) is 0 Å². The number of urea groups is 1. The van der Waals surface area contributed by atoms with Gasteiger partial charge in [-0.05, 0) is 40.2 Å². The number of carbonyl (C=O) groups is 1. The first-order chi connectivity index (χ1) is 15.2. The molecule has 156 valence electrons. The lowest BCUT2D eigenvalue weighted by Gasteiger charge is -2.34. The molecule has 31 heavy (non-hydrogen) atoms. The van der Waals surface area contributed by atoms with Crippen molar-refractivity contribution in [2.75, 3.05) is 36.4 Å². The van der Waals surface area contributed by atoms with Crippen LogP contribution in [0.1, 0.15) is 0 Å². The molecule has 0 unspecified atom stereocenters. The number of piperazine rings is 1. The highest BCUT2D eigenvalue weighted by atomic mass is 79.9. The van der Waals surface area contributed by atoms with Crippen molar-refractivity contribution in [3.8, 4) is 11.3 Å². The summed E-state index contributed by atoms with van der Waals surface area (Å²) in [6.07, 6.45) is 3.47. The lowest BCUT2D eigenvalue weighted by molar-refractivity contribution is 0.208. The topological polar surface area (TPSA) is 74.5 Å². The summed E-state index contributed by atoms with van der Waals surface area (Å²) in [6, 6.07) is 17.6. The maximum atomic E-state index is 12.8. The van der Waals surface area contributed by atoms with E-state index in [2.05, 4.69) is 36.1 Å². The van der Waals surface area contributed by atoms with Gasteiger partial charge in [-0.3, -0.25) is 0 Å². The zero-order chi connectivity index (χ0) is 21.2. The Hall–Kier alpha value is -3.39. The van der Waals surface area contributed by atoms with Gasteiger partial charge in [0.1, 0.15) is 11.3 Å². The fourth-order valence-electron chi connectivity index (χ4n) is 3.65. The van der Waals surface area contributed by atoms with Gasteiger partial charge in [0, 0.05) is 55.2 Å². The molecule has 2 aromatic carbocycles. The van der Waals surface area contributed by atoms with E-state index in [1.807, 2.05) is 59.5 Å². The maximum absolute atomic E-state index is 12.8. The Labute approximate surface area is 187 Å². The SMILES string of the molecule is O=C(Nc1ccc2oc(-c3ccccc3)cc2c1)N1CCN(c2ncc(Br)cn2)CC1. The molecule has 0 aliphatic carbocycles. The molecule has 5 rings (SSSR count). The molecule has 2 aromatic heterocycles. The molecule has 1 fully saturated rings. The number of hydrogen-bond acceptors (Lipinski definition) is 5. The first-order valence-corrected chi connectivity index (χ1v) is 10.8. The molecule has 7 nitrogen and oxygen atoms in total. The van der Waals surface area contributed by atoms with Gasteiger partial charge in [0.2, 0.25) is 5.95 Å². The number of fused-ring (bicyclic) bond motifs is 1. The van der Waals surface area contributed by atoms with Crippen molar-refractivity contribution >= 4 is 44.6 Å². The van der Waals surface area contributed by atoms with Gasteiger partial charge in [-0.1, -0.05) is 30.3 Å². The van der Waals surface area contributed by atoms with Crippen LogP contribution in [0.5, 0.6) is 0 Å². The number of nitrogens with zero attached hydrogens (tertiary/aromatic N) is 4. The van der Waals surface area contributed by atoms with E-state index in [1.165, 1.54) is 0 Å². The van der Waals surface area contributed by atoms with Crippen LogP contribution in [0.2, 0.25) is 0 Å². The molecule has 1 saturated heterocycles. The lowest BCUT2D eigenvalue weighted by atomic mass is 10.1. The minimum atomic E-state index is -0.109. The van der Waals surface area contributed by atoms with Gasteiger partial charge in [-0.2, -0.15) is 0 Å². The van der Waals surface area contributed by atoms with Crippen LogP contribution in [0.25, 0.3) is 22.3 Å². The molecule has 2 amide bonds. The monoisotopic (exact) mass is 477 g/mol. The van der Waals surface area contributed by atoms with Crippen LogP contribution in [0.15, 0.2) is 75.9 Å². The number of aromatic nitrogens is 2. The van der Waals surface area contributed by atoms with Gasteiger partial charge in [0.05, 0.1) is 4.47 Å². The first-order valence-electron chi connectivity index (χ1n) is 10.0. The number of furan rings is 1. The minimum absolute atomic E-state index is 0.109. The largest absolute Gasteiger partial charge is 0.456 e. The molecule has 1 aliphatic rings. The van der Waals surface area contributed by atoms with Gasteiger partial charge in [0.25, 0.3) is 0 Å². The summed E-state index contributed by atoms with van der Waals surface area (Å²) in [4.78, 5) is 25.3. The molecule has 0 bridgehead atoms. The number of anilines is 2. The Kier molecular flexibility index (Phi) is 5.30. The summed E-state index contributed by atoms with van der Waals surface area (Å²) in [5, 5.41) is 3.96. The fourth-order valence-corrected chi connectivity index (χ4v) is 3.85. The Morgan fingerprint density at radius 3 is 2.45 bits per heavy atom. The molecule has 4 aromatic rings. The van der Waals surface area contributed by atoms with E-state index < -0.39 is 0 Å². The van der Waals surface area contributed by atoms with Crippen LogP contribution in [0.4, 0.5) is 16.4 Å². The number of amides is 2. The highest BCUT2D eigenvalue weighted by Crippen LogP contribution is 2.29. The van der Waals surface area contributed by atoms with Gasteiger partial charge >= 0.3 is 6.03 Å². The van der Waals surface area contributed by atoms with Crippen LogP contribution < -0.4 is 10.2 Å². The van der Waals surface area contributed by atoms with Gasteiger partial charge in [-0.15, -0.1) is 0 Å². The number of rotatable bonds is 3. The highest BCUT2D eigenvalue weighted by molar-refractivity contribution is 9.10. The third-order valence-corrected chi connectivity index (χ3v) is 5.69. The van der Waals surface area contributed by atoms with Gasteiger partial charge in [-0.25, -0.2) is 14.8 Å². The summed E-state index contributed by atoms with van der Waals surface area (Å²) >= 11 is 3.35. The third kappa shape index (κ3) is 4.25. The average molecular weight is 478 g/mol. The van der Waals surface area contributed by atoms with Crippen molar-refractivity contribution in [3.05, 3.63) is 71.5 Å². The minimum Gasteiger partial charge on any atom is -0.456 e. The van der Waals surface area contributed by atoms with Crippen LogP contribution in [0, 0.1) is 0 Å². The molecule has 8 heteroatoms. The lowest BCUT2D eigenvalue weighted by Crippen LogP contribution is -2.50. The maximum Gasteiger partial charge on any atom is 0.321 e. The molecular weight excluding hydrogens is 458 g/mol. The Bertz CT molecular complexity index is 1200. The van der Waals surface area contributed by atoms with E-state index in [0.717, 1.165) is 32.5 Å². The summed E-state index contributed by atoms with van der Waals surface area (Å²) in [5.74, 6) is 1.49. The Morgan fingerprint density at radius 1 is 0.968 bits per heavy atom. The van der Waals surface area contributed by atoms with E-state index in [1.54, 1.807) is 12.4 Å². The second-order valence-corrected chi connectivity index (χ2v) is 8.25. The summed E-state index contributed by atoms with van der Waals surface area (Å²) in [6.45, 7) is 2.60. The van der Waals surface area contributed by atoms with Crippen LogP contribution in [-0.4, -0.2) is 47.1 Å². The van der Waals surface area contributed by atoms with Crippen molar-refractivity contribution in [1.82, 2.24) is 14.9 Å². The van der Waals surface area contributed by atoms with Crippen molar-refractivity contribution in [2.45, 2.75) is 0 Å². The van der Waals surface area contributed by atoms with Crippen molar-refractivity contribution < 1.29 is 9.21 Å². The number of benzene rings is 2. The summed E-state index contributed by atoms with van der Waals surface area (Å²) < 4.78 is 6.80. The number of carbonyl (C=O) groups excluding carboxylic acids is 1. The fraction of sp³-hybridized carbons (Fsp3) is 0.174. The number of halogens is 1. The Balaban J connectivity index is 1.23. The molecule has 0 radical (unpaired) electrons. The van der Waals surface area contributed by atoms with E-state index >= 15 is 0 Å². The standard InChI is InChI=1S/C23H20BrN5O2/c24-18-14-25-22(26-15-18)28-8-10-29(11-9-28)23(30)27-19-6-7-20-17(12-19)13-21(31-20)16-4-2-1-3-5-16/h1-7,12-15H,8-11H2,(H,27,30). The average Bonchev–Trinajstić information content (AvgIpc) is 3.24. The predicted octanol–water partition coefficient (Wildman–Crippen LogP) is 5.01. The molecular formula is C23H20BrN5O2. The third-order valence-electron chi connectivity index (χ3n) is 5.28. The smallest absolute Gasteiger partial charge is 0.321 e. The van der Waals surface area contributed by atoms with Gasteiger partial charge < -0.3 is 19.5 Å². The molecule has 0 saturated carbocycles. The highest BCUT2D eigenvalue weighted by Gasteiger charge is 2.22. The second kappa shape index (κ2) is 8.39. The molecule has 1 N–H and O–H groups in total. The molecule has 0 atom stereocenters. The Morgan fingerprint density at radius 2 is 1.71 bits per heavy atom. The van der Waals surface area contributed by atoms with Crippen LogP contribution in [-0.2, 0) is 0 Å². The summed E-state index contributed by atoms with van der Waals surface area (Å²) in [5.41, 5.74) is 2.56. The quantitative estimate of drug-likeness (QED) is 0.448. The normalized spacial score (nSPS) is 14.1. The predicted molar refractivity (Wildman–Crippen MR) is 124 cm³/mol. The van der Waals surface area contributed by atoms with Crippen molar-refractivity contribution in [3.63, 3.8) is 0 Å². The van der Waals surface area contributed by atoms with E-state index in [0.29, 0.717) is 32.1 Å². The zero-order valence-electron chi connectivity index (χ0n) is 16.7. The first kappa shape index (κ1) is 19.6. The van der Waals surface area contributed by atoms with Crippen molar-refractivity contribution in [2.24, 2.45) is 0 Å². The van der Waals surface area contributed by atoms with Crippen LogP contribution in [0.3, 0.4) is 0 Å². The number of hydrogen-bond donors (Lipinski definition) is 1. The summed E-state index contributed by atoms with van der Waals surface area (Å²) in [7, 11) is 0. The van der Waals surface area contributed by atoms with Gasteiger partial charge in [0.15, 0.2) is 0 Å². The second-order valence-electron chi connectivity index (χ2n) is 7.33. The van der Waals surface area contributed by atoms with E-state index in [4.69, 9.17) is 4.42 Å². The van der Waals surface area contributed by atoms with Crippen LogP contribution >= 0.6 is 15.9 Å². The molecule has 0 spiro atoms. The number of nitrogens with one attached hydrogen (secondary N) is 1. The molecule has 3 heterocycles. The zero-order valence-corrected chi connectivity index (χ0v) is 18.2. The molecule has 1 aliphatic heterocycles.